The number of alkyl halides is 3. The van der Waals surface area contributed by atoms with Gasteiger partial charge < -0.3 is 30.6 Å². The van der Waals surface area contributed by atoms with Gasteiger partial charge in [0.05, 0.1) is 72.2 Å². The van der Waals surface area contributed by atoms with Crippen molar-refractivity contribution >= 4 is 145 Å². The molecule has 18 rings (SSSR count). The number of phenols is 5. The molecule has 5 heterocycles. The number of halogens is 6. The summed E-state index contributed by atoms with van der Waals surface area (Å²) in [6.07, 6.45) is -1.37. The van der Waals surface area contributed by atoms with Crippen LogP contribution in [0.2, 0.25) is 14.5 Å². The average Bonchev–Trinajstić information content (AvgIpc) is 1.38. The molecule has 0 atom stereocenters. The molecule has 23 heteroatoms. The molecule has 0 aliphatic heterocycles. The molecular formula is C103H68Cl3F3N10O6S. The van der Waals surface area contributed by atoms with Crippen molar-refractivity contribution in [1.82, 2.24) is 19.9 Å². The van der Waals surface area contributed by atoms with Crippen molar-refractivity contribution < 1.29 is 43.8 Å². The SMILES string of the molecule is [C-]#[N+]c1cc(-c2cc(C)c(O)cn2)c2ccccc2c1.[C-]#[N+]c1cc(-c2ccc(C)c(O)c2)c2cc(Cl)ccc2c1.[C-]#[N+]c1cc(-c2ccc(C)c(O)c2)c2nc(C(F)(F)F)ccc2c1.[C-]#[N+]c1cc(-c2ccc(C)c(O)c2)c2nc(Cl)ccc2c1.[C-]#[N+]c1cc(-c2ccc(C)c(O)c2)c2ncccc2c1.[C-]#[N+]c1cc(-c2ccc(C)c(O)c2)c2sc(Cl)cc2c1. The predicted octanol–water partition coefficient (Wildman–Crippen LogP) is 31.1. The summed E-state index contributed by atoms with van der Waals surface area (Å²) >= 11 is 19.7. The van der Waals surface area contributed by atoms with Crippen LogP contribution < -0.4 is 0 Å². The largest absolute Gasteiger partial charge is 0.508 e. The fraction of sp³-hybridized carbons (Fsp3) is 0.0680. The zero-order valence-electron chi connectivity index (χ0n) is 67.7. The van der Waals surface area contributed by atoms with E-state index in [9.17, 15) is 43.8 Å². The second-order valence-electron chi connectivity index (χ2n) is 29.1. The van der Waals surface area contributed by atoms with Crippen molar-refractivity contribution in [2.75, 3.05) is 0 Å². The summed E-state index contributed by atoms with van der Waals surface area (Å²) in [6.45, 7) is 54.2. The summed E-state index contributed by atoms with van der Waals surface area (Å²) in [6, 6.07) is 74.8. The van der Waals surface area contributed by atoms with E-state index >= 15 is 0 Å². The fourth-order valence-electron chi connectivity index (χ4n) is 13.8. The standard InChI is InChI=1S/C18H12ClNO.C18H11F3N2O.C17H11ClN2O.2C17H12N2O.C16H10ClNOS/c1-11-3-4-13(8-18(11)21)17-10-15(20-2)7-12-5-6-14(19)9-16(12)17;1-10-3-4-11(8-15(10)24)14-9-13(22-2)7-12-5-6-16(18(19,20)21)23-17(12)14;1-10-3-4-11(8-15(10)21)14-9-13(19-2)7-12-5-6-16(18)20-17(12)14;1-11-5-6-12(9-16(11)20)15-10-14(18-2)8-13-4-3-7-19-17(13)15;1-11-7-16(19-10-17(11)20)15-9-13(18-2)8-12-5-3-4-6-14(12)15;1-9-3-4-10(6-14(9)19)13-8-12(18-2)5-11-7-15(17)20-16(11)13/h3-10,21H,1H3;3-9,24H,1H3;3-9,21H,1H3;2*3-10,20H,1H3;3-8,19H,1H3. The molecule has 614 valence electrons. The van der Waals surface area contributed by atoms with Crippen LogP contribution in [0.1, 0.15) is 39.1 Å². The molecular weight excluding hydrogens is 1670 g/mol. The van der Waals surface area contributed by atoms with E-state index in [4.69, 9.17) is 74.2 Å². The van der Waals surface area contributed by atoms with E-state index < -0.39 is 11.9 Å². The Balaban J connectivity index is 0.000000130. The number of benzene rings is 13. The number of hydrogen-bond donors (Lipinski definition) is 6. The first kappa shape index (κ1) is 87.9. The van der Waals surface area contributed by atoms with Crippen LogP contribution in [-0.4, -0.2) is 50.6 Å². The quantitative estimate of drug-likeness (QED) is 0.0688. The third kappa shape index (κ3) is 20.0. The van der Waals surface area contributed by atoms with Gasteiger partial charge in [0.1, 0.15) is 45.3 Å². The number of phenolic OH excluding ortho intramolecular Hbond substituents is 5. The number of aryl methyl sites for hydroxylation is 6. The van der Waals surface area contributed by atoms with Crippen LogP contribution in [0.4, 0.5) is 47.3 Å². The van der Waals surface area contributed by atoms with Crippen molar-refractivity contribution in [2.45, 2.75) is 47.7 Å². The van der Waals surface area contributed by atoms with Gasteiger partial charge in [-0.05, 0) is 325 Å². The van der Waals surface area contributed by atoms with E-state index in [1.54, 1.807) is 67.7 Å². The first-order valence-electron chi connectivity index (χ1n) is 38.3. The molecule has 0 spiro atoms. The van der Waals surface area contributed by atoms with Crippen molar-refractivity contribution in [2.24, 2.45) is 0 Å². The van der Waals surface area contributed by atoms with Crippen LogP contribution in [0, 0.1) is 81.0 Å². The van der Waals surface area contributed by atoms with Crippen LogP contribution in [0.3, 0.4) is 0 Å². The molecule has 0 radical (unpaired) electrons. The zero-order valence-corrected chi connectivity index (χ0v) is 70.8. The van der Waals surface area contributed by atoms with E-state index in [1.807, 2.05) is 204 Å². The summed E-state index contributed by atoms with van der Waals surface area (Å²) in [4.78, 5) is 37.7. The maximum atomic E-state index is 13.0. The van der Waals surface area contributed by atoms with Crippen LogP contribution in [0.25, 0.3) is 160 Å². The molecule has 13 aromatic carbocycles. The molecule has 16 nitrogen and oxygen atoms in total. The zero-order chi connectivity index (χ0) is 89.9. The molecule has 0 aliphatic rings. The van der Waals surface area contributed by atoms with Crippen molar-refractivity contribution in [3.63, 3.8) is 0 Å². The Kier molecular flexibility index (Phi) is 26.5. The molecule has 0 saturated heterocycles. The summed E-state index contributed by atoms with van der Waals surface area (Å²) < 4.78 is 40.6. The smallest absolute Gasteiger partial charge is 0.433 e. The second-order valence-corrected chi connectivity index (χ2v) is 31.6. The Bertz CT molecular complexity index is 7380. The predicted molar refractivity (Wildman–Crippen MR) is 501 cm³/mol. The molecule has 6 N–H and O–H groups in total. The van der Waals surface area contributed by atoms with Gasteiger partial charge >= 0.3 is 6.18 Å². The Morgan fingerprint density at radius 1 is 0.317 bits per heavy atom. The molecule has 0 bridgehead atoms. The number of nitrogens with zero attached hydrogens (tertiary/aromatic N) is 10. The minimum absolute atomic E-state index is 0.0286. The number of hydrogen-bond acceptors (Lipinski definition) is 11. The first-order valence-corrected chi connectivity index (χ1v) is 40.3. The molecule has 5 aromatic heterocycles. The maximum Gasteiger partial charge on any atom is 0.433 e. The Morgan fingerprint density at radius 3 is 1.17 bits per heavy atom. The molecule has 0 amide bonds. The Morgan fingerprint density at radius 2 is 0.698 bits per heavy atom. The van der Waals surface area contributed by atoms with Gasteiger partial charge in [0.25, 0.3) is 0 Å². The summed E-state index contributed by atoms with van der Waals surface area (Å²) in [5.74, 6) is 1.18. The second kappa shape index (κ2) is 38.0. The van der Waals surface area contributed by atoms with Gasteiger partial charge in [0.2, 0.25) is 0 Å². The highest BCUT2D eigenvalue weighted by Gasteiger charge is 2.33. The Hall–Kier alpha value is -15.9. The average molecular weight is 1740 g/mol. The lowest BCUT2D eigenvalue weighted by Crippen LogP contribution is -2.07. The van der Waals surface area contributed by atoms with Gasteiger partial charge in [-0.3, -0.25) is 9.97 Å². The highest BCUT2D eigenvalue weighted by atomic mass is 35.5. The number of rotatable bonds is 6. The van der Waals surface area contributed by atoms with Crippen LogP contribution in [-0.2, 0) is 6.18 Å². The molecule has 18 aromatic rings. The van der Waals surface area contributed by atoms with Crippen molar-refractivity contribution in [3.05, 3.63) is 389 Å². The number of aromatic nitrogens is 4. The van der Waals surface area contributed by atoms with E-state index in [2.05, 4.69) is 49.0 Å². The van der Waals surface area contributed by atoms with Gasteiger partial charge in [0.15, 0.2) is 34.1 Å². The normalized spacial score (nSPS) is 10.7. The maximum absolute atomic E-state index is 13.0. The van der Waals surface area contributed by atoms with Gasteiger partial charge in [-0.25, -0.2) is 39.0 Å². The lowest BCUT2D eigenvalue weighted by atomic mass is 9.96. The highest BCUT2D eigenvalue weighted by molar-refractivity contribution is 7.23. The minimum atomic E-state index is -4.56. The summed E-state index contributed by atoms with van der Waals surface area (Å²) in [7, 11) is 0. The Labute approximate surface area is 741 Å². The lowest BCUT2D eigenvalue weighted by Gasteiger charge is -2.12. The van der Waals surface area contributed by atoms with Gasteiger partial charge in [0, 0.05) is 15.9 Å². The number of thiophene rings is 1. The van der Waals surface area contributed by atoms with E-state index in [1.165, 1.54) is 41.8 Å². The van der Waals surface area contributed by atoms with Crippen LogP contribution in [0.5, 0.6) is 34.5 Å². The fourth-order valence-corrected chi connectivity index (χ4v) is 15.3. The molecule has 0 saturated carbocycles. The third-order valence-electron chi connectivity index (χ3n) is 20.6. The van der Waals surface area contributed by atoms with Crippen molar-refractivity contribution in [3.8, 4) is 101 Å². The summed E-state index contributed by atoms with van der Waals surface area (Å²) in [5, 5.41) is 67.3. The number of pyridine rings is 4. The van der Waals surface area contributed by atoms with Crippen molar-refractivity contribution in [1.29, 1.82) is 0 Å². The minimum Gasteiger partial charge on any atom is -0.508 e. The van der Waals surface area contributed by atoms with Gasteiger partial charge in [-0.1, -0.05) is 144 Å². The number of aromatic hydroxyl groups is 6. The summed E-state index contributed by atoms with van der Waals surface area (Å²) in [5.41, 5.74) is 18.0. The van der Waals surface area contributed by atoms with E-state index in [0.717, 1.165) is 143 Å². The third-order valence-corrected chi connectivity index (χ3v) is 22.3. The molecule has 0 unspecified atom stereocenters. The molecule has 0 fully saturated rings. The van der Waals surface area contributed by atoms with Gasteiger partial charge in [-0.15, -0.1) is 11.3 Å². The topological polar surface area (TPSA) is 199 Å². The molecule has 126 heavy (non-hydrogen) atoms. The monoisotopic (exact) mass is 1730 g/mol. The van der Waals surface area contributed by atoms with E-state index in [-0.39, 0.29) is 40.0 Å². The van der Waals surface area contributed by atoms with E-state index in [0.29, 0.717) is 70.7 Å². The molecule has 0 aliphatic carbocycles. The van der Waals surface area contributed by atoms with Gasteiger partial charge in [-0.2, -0.15) is 13.2 Å². The first-order chi connectivity index (χ1) is 60.4. The lowest BCUT2D eigenvalue weighted by molar-refractivity contribution is -0.140. The number of fused-ring (bicyclic) bond motifs is 6. The van der Waals surface area contributed by atoms with Crippen LogP contribution in [0.15, 0.2) is 267 Å². The highest BCUT2D eigenvalue weighted by Crippen LogP contribution is 2.45. The van der Waals surface area contributed by atoms with Crippen LogP contribution >= 0.6 is 46.1 Å².